The molecule has 1 aromatic heterocycles. The zero-order chi connectivity index (χ0) is 20.6. The van der Waals surface area contributed by atoms with Crippen LogP contribution in [0.1, 0.15) is 69.5 Å². The molecule has 29 heavy (non-hydrogen) atoms. The summed E-state index contributed by atoms with van der Waals surface area (Å²) in [5.74, 6) is -0.128. The Bertz CT molecular complexity index is 850. The molecule has 0 radical (unpaired) electrons. The number of ether oxygens (including phenoxy) is 1. The largest absolute Gasteiger partial charge is 0.494 e. The van der Waals surface area contributed by atoms with Crippen molar-refractivity contribution in [3.63, 3.8) is 0 Å². The highest BCUT2D eigenvalue weighted by molar-refractivity contribution is 7.14. The van der Waals surface area contributed by atoms with E-state index in [1.165, 1.54) is 28.2 Å². The molecular formula is C22H26N2O4S. The van der Waals surface area contributed by atoms with Crippen molar-refractivity contribution in [3.8, 4) is 5.75 Å². The fraction of sp³-hybridized carbons (Fsp3) is 0.409. The zero-order valence-electron chi connectivity index (χ0n) is 16.6. The fourth-order valence-corrected chi connectivity index (χ4v) is 4.45. The number of hydrogen-bond donors (Lipinski definition) is 2. The molecule has 0 aliphatic heterocycles. The zero-order valence-corrected chi connectivity index (χ0v) is 17.4. The smallest absolute Gasteiger partial charge is 0.279 e. The number of carbonyl (C=O) groups is 3. The lowest BCUT2D eigenvalue weighted by Gasteiger charge is -2.07. The number of carbonyl (C=O) groups excluding carboxylic acids is 3. The lowest BCUT2D eigenvalue weighted by Crippen LogP contribution is -2.41. The van der Waals surface area contributed by atoms with Gasteiger partial charge in [0.25, 0.3) is 5.91 Å². The number of rotatable bonds is 7. The van der Waals surface area contributed by atoms with Crippen LogP contribution in [0.15, 0.2) is 30.3 Å². The molecule has 0 bridgehead atoms. The van der Waals surface area contributed by atoms with E-state index in [4.69, 9.17) is 4.74 Å². The highest BCUT2D eigenvalue weighted by Gasteiger charge is 2.17. The van der Waals surface area contributed by atoms with E-state index >= 15 is 0 Å². The molecule has 154 valence electrons. The van der Waals surface area contributed by atoms with Gasteiger partial charge in [0.1, 0.15) is 5.75 Å². The van der Waals surface area contributed by atoms with Gasteiger partial charge in [-0.3, -0.25) is 25.2 Å². The van der Waals surface area contributed by atoms with Crippen LogP contribution in [0, 0.1) is 0 Å². The first kappa shape index (κ1) is 21.0. The average molecular weight is 415 g/mol. The van der Waals surface area contributed by atoms with Crippen molar-refractivity contribution in [1.29, 1.82) is 0 Å². The summed E-state index contributed by atoms with van der Waals surface area (Å²) in [5, 5.41) is 0. The molecule has 6 nitrogen and oxygen atoms in total. The van der Waals surface area contributed by atoms with Crippen molar-refractivity contribution in [2.45, 2.75) is 51.9 Å². The second kappa shape index (κ2) is 10.2. The molecule has 0 unspecified atom stereocenters. The molecule has 1 aliphatic carbocycles. The summed E-state index contributed by atoms with van der Waals surface area (Å²) in [6.07, 6.45) is 5.66. The second-order valence-electron chi connectivity index (χ2n) is 7.00. The number of nitrogens with one attached hydrogen (secondary N) is 2. The molecule has 3 rings (SSSR count). The number of thiophene rings is 1. The Morgan fingerprint density at radius 1 is 1.00 bits per heavy atom. The molecule has 0 saturated carbocycles. The van der Waals surface area contributed by atoms with Crippen molar-refractivity contribution < 1.29 is 19.1 Å². The Labute approximate surface area is 174 Å². The third-order valence-corrected chi connectivity index (χ3v) is 6.09. The van der Waals surface area contributed by atoms with E-state index < -0.39 is 5.91 Å². The van der Waals surface area contributed by atoms with Crippen LogP contribution >= 0.6 is 11.3 Å². The summed E-state index contributed by atoms with van der Waals surface area (Å²) in [6, 6.07) is 8.78. The molecule has 1 heterocycles. The van der Waals surface area contributed by atoms with Crippen LogP contribution < -0.4 is 15.6 Å². The predicted molar refractivity (Wildman–Crippen MR) is 112 cm³/mol. The number of benzene rings is 1. The van der Waals surface area contributed by atoms with Gasteiger partial charge in [0, 0.05) is 23.3 Å². The minimum atomic E-state index is -0.393. The van der Waals surface area contributed by atoms with Gasteiger partial charge < -0.3 is 4.74 Å². The second-order valence-corrected chi connectivity index (χ2v) is 8.14. The summed E-state index contributed by atoms with van der Waals surface area (Å²) < 4.78 is 5.35. The summed E-state index contributed by atoms with van der Waals surface area (Å²) in [6.45, 7) is 2.46. The van der Waals surface area contributed by atoms with Gasteiger partial charge in [0.15, 0.2) is 5.78 Å². The minimum absolute atomic E-state index is 0.00721. The Morgan fingerprint density at radius 3 is 2.52 bits per heavy atom. The van der Waals surface area contributed by atoms with Crippen molar-refractivity contribution >= 4 is 28.9 Å². The number of aryl methyl sites for hydroxylation is 2. The van der Waals surface area contributed by atoms with Gasteiger partial charge in [-0.1, -0.05) is 6.42 Å². The van der Waals surface area contributed by atoms with Gasteiger partial charge >= 0.3 is 0 Å². The molecule has 0 saturated heterocycles. The average Bonchev–Trinajstić information content (AvgIpc) is 3.01. The van der Waals surface area contributed by atoms with Crippen LogP contribution in [0.25, 0.3) is 0 Å². The van der Waals surface area contributed by atoms with Gasteiger partial charge in [-0.2, -0.15) is 0 Å². The monoisotopic (exact) mass is 414 g/mol. The van der Waals surface area contributed by atoms with Crippen LogP contribution in [-0.2, 0) is 17.6 Å². The number of amides is 2. The minimum Gasteiger partial charge on any atom is -0.494 e. The molecule has 2 N–H and O–H groups in total. The number of fused-ring (bicyclic) bond motifs is 1. The van der Waals surface area contributed by atoms with Gasteiger partial charge in [-0.15, -0.1) is 11.3 Å². The molecule has 0 spiro atoms. The molecule has 1 aromatic carbocycles. The van der Waals surface area contributed by atoms with E-state index in [-0.39, 0.29) is 24.5 Å². The molecular weight excluding hydrogens is 388 g/mol. The van der Waals surface area contributed by atoms with Crippen LogP contribution in [0.3, 0.4) is 0 Å². The standard InChI is InChI=1S/C22H26N2O4S/c1-2-28-17-10-8-15(9-11-17)18(25)12-13-21(26)23-24-22(27)20-14-16-6-4-3-5-7-19(16)29-20/h8-11,14H,2-7,12-13H2,1H3,(H,23,26)(H,24,27). The normalized spacial score (nSPS) is 13.1. The first-order chi connectivity index (χ1) is 14.1. The Morgan fingerprint density at radius 2 is 1.76 bits per heavy atom. The van der Waals surface area contributed by atoms with Crippen molar-refractivity contribution in [3.05, 3.63) is 51.2 Å². The van der Waals surface area contributed by atoms with Gasteiger partial charge in [0.2, 0.25) is 5.91 Å². The molecule has 2 aromatic rings. The van der Waals surface area contributed by atoms with Crippen LogP contribution in [0.4, 0.5) is 0 Å². The van der Waals surface area contributed by atoms with Gasteiger partial charge in [-0.25, -0.2) is 0 Å². The summed E-state index contributed by atoms with van der Waals surface area (Å²) in [5.41, 5.74) is 6.64. The van der Waals surface area contributed by atoms with Crippen LogP contribution in [-0.4, -0.2) is 24.2 Å². The van der Waals surface area contributed by atoms with Gasteiger partial charge in [0.05, 0.1) is 11.5 Å². The summed E-state index contributed by atoms with van der Waals surface area (Å²) >= 11 is 1.50. The van der Waals surface area contributed by atoms with E-state index in [0.29, 0.717) is 22.8 Å². The number of ketones is 1. The van der Waals surface area contributed by atoms with Crippen molar-refractivity contribution in [2.24, 2.45) is 0 Å². The number of hydrogen-bond acceptors (Lipinski definition) is 5. The number of Topliss-reactive ketones (excluding diaryl/α,β-unsaturated/α-hetero) is 1. The van der Waals surface area contributed by atoms with E-state index in [1.54, 1.807) is 24.3 Å². The van der Waals surface area contributed by atoms with Gasteiger partial charge in [-0.05, 0) is 68.5 Å². The molecule has 0 fully saturated rings. The SMILES string of the molecule is CCOc1ccc(C(=O)CCC(=O)NNC(=O)c2cc3c(s2)CCCCC3)cc1. The maximum Gasteiger partial charge on any atom is 0.279 e. The van der Waals surface area contributed by atoms with Crippen molar-refractivity contribution in [2.75, 3.05) is 6.61 Å². The Kier molecular flexibility index (Phi) is 7.41. The maximum absolute atomic E-state index is 12.3. The molecule has 0 atom stereocenters. The highest BCUT2D eigenvalue weighted by atomic mass is 32.1. The van der Waals surface area contributed by atoms with E-state index in [2.05, 4.69) is 10.9 Å². The quantitative estimate of drug-likeness (QED) is 0.410. The van der Waals surface area contributed by atoms with E-state index in [0.717, 1.165) is 25.7 Å². The summed E-state index contributed by atoms with van der Waals surface area (Å²) in [7, 11) is 0. The Hall–Kier alpha value is -2.67. The first-order valence-corrected chi connectivity index (χ1v) is 10.8. The van der Waals surface area contributed by atoms with E-state index in [1.807, 2.05) is 13.0 Å². The summed E-state index contributed by atoms with van der Waals surface area (Å²) in [4.78, 5) is 38.4. The third kappa shape index (κ3) is 5.90. The van der Waals surface area contributed by atoms with Crippen molar-refractivity contribution in [1.82, 2.24) is 10.9 Å². The number of hydrazine groups is 1. The van der Waals surface area contributed by atoms with Crippen LogP contribution in [0.5, 0.6) is 5.75 Å². The van der Waals surface area contributed by atoms with E-state index in [9.17, 15) is 14.4 Å². The van der Waals surface area contributed by atoms with Crippen LogP contribution in [0.2, 0.25) is 0 Å². The fourth-order valence-electron chi connectivity index (χ4n) is 3.31. The Balaban J connectivity index is 1.43. The molecule has 7 heteroatoms. The molecule has 1 aliphatic rings. The molecule has 2 amide bonds. The predicted octanol–water partition coefficient (Wildman–Crippen LogP) is 3.84. The maximum atomic E-state index is 12.3. The highest BCUT2D eigenvalue weighted by Crippen LogP contribution is 2.28. The topological polar surface area (TPSA) is 84.5 Å². The third-order valence-electron chi connectivity index (χ3n) is 4.85. The lowest BCUT2D eigenvalue weighted by molar-refractivity contribution is -0.121. The first-order valence-electron chi connectivity index (χ1n) is 10.0. The lowest BCUT2D eigenvalue weighted by atomic mass is 10.1.